The lowest BCUT2D eigenvalue weighted by molar-refractivity contribution is -0.167. The van der Waals surface area contributed by atoms with Gasteiger partial charge in [0.1, 0.15) is 13.2 Å². The Morgan fingerprint density at radius 3 is 0.861 bits per heavy atom. The third kappa shape index (κ3) is 57.2. The lowest BCUT2D eigenvalue weighted by Gasteiger charge is -2.18. The zero-order valence-corrected chi connectivity index (χ0v) is 47.2. The van der Waals surface area contributed by atoms with Crippen molar-refractivity contribution in [3.05, 3.63) is 97.2 Å². The predicted octanol–water partition coefficient (Wildman–Crippen LogP) is 20.5. The molecule has 0 radical (unpaired) electrons. The summed E-state index contributed by atoms with van der Waals surface area (Å²) in [6.45, 7) is 6.41. The number of esters is 3. The van der Waals surface area contributed by atoms with Gasteiger partial charge >= 0.3 is 17.9 Å². The van der Waals surface area contributed by atoms with Crippen molar-refractivity contribution in [2.24, 2.45) is 0 Å². The summed E-state index contributed by atoms with van der Waals surface area (Å²) in [6, 6.07) is 0. The molecule has 6 heteroatoms. The highest BCUT2D eigenvalue weighted by molar-refractivity contribution is 5.71. The molecule has 0 aromatic carbocycles. The Balaban J connectivity index is 4.45. The second-order valence-electron chi connectivity index (χ2n) is 19.9. The molecule has 0 spiro atoms. The number of carbonyl (C=O) groups is 3. The minimum Gasteiger partial charge on any atom is -0.462 e. The second-order valence-corrected chi connectivity index (χ2v) is 19.9. The largest absolute Gasteiger partial charge is 0.462 e. The Kier molecular flexibility index (Phi) is 56.8. The first-order valence-corrected chi connectivity index (χ1v) is 30.2. The molecule has 0 amide bonds. The summed E-state index contributed by atoms with van der Waals surface area (Å²) in [5.74, 6) is -0.925. The summed E-state index contributed by atoms with van der Waals surface area (Å²) in [6.07, 6.45) is 79.7. The van der Waals surface area contributed by atoms with Crippen molar-refractivity contribution >= 4 is 17.9 Å². The van der Waals surface area contributed by atoms with Crippen LogP contribution in [-0.4, -0.2) is 37.2 Å². The molecular weight excluding hydrogens is 889 g/mol. The van der Waals surface area contributed by atoms with E-state index in [-0.39, 0.29) is 31.1 Å². The average Bonchev–Trinajstić information content (AvgIpc) is 3.38. The molecule has 0 aromatic rings. The Morgan fingerprint density at radius 1 is 0.292 bits per heavy atom. The van der Waals surface area contributed by atoms with Gasteiger partial charge < -0.3 is 14.2 Å². The SMILES string of the molecule is CC/C=C\C/C=C\C/C=C\C/C=C\C/C=C\CCCCCC(=O)OCC(COC(=O)CCCCCCCCC/C=C\C/C=C\C/C=C\CC)OC(=O)CCCCCCCCCCCCCCCCCCCC. The molecule has 6 nitrogen and oxygen atoms in total. The van der Waals surface area contributed by atoms with Gasteiger partial charge in [0.15, 0.2) is 6.10 Å². The Morgan fingerprint density at radius 2 is 0.542 bits per heavy atom. The van der Waals surface area contributed by atoms with E-state index in [0.29, 0.717) is 19.3 Å². The number of hydrogen-bond donors (Lipinski definition) is 0. The van der Waals surface area contributed by atoms with Gasteiger partial charge in [-0.15, -0.1) is 0 Å². The first kappa shape index (κ1) is 68.3. The van der Waals surface area contributed by atoms with Gasteiger partial charge in [-0.05, 0) is 96.3 Å². The Hall–Kier alpha value is -3.67. The van der Waals surface area contributed by atoms with Crippen molar-refractivity contribution < 1.29 is 28.6 Å². The van der Waals surface area contributed by atoms with Crippen molar-refractivity contribution in [2.45, 2.75) is 290 Å². The van der Waals surface area contributed by atoms with E-state index in [0.717, 1.165) is 122 Å². The van der Waals surface area contributed by atoms with Gasteiger partial charge in [-0.3, -0.25) is 14.4 Å². The topological polar surface area (TPSA) is 78.9 Å². The van der Waals surface area contributed by atoms with Crippen LogP contribution in [0.3, 0.4) is 0 Å². The Labute approximate surface area is 445 Å². The highest BCUT2D eigenvalue weighted by Gasteiger charge is 2.19. The lowest BCUT2D eigenvalue weighted by Crippen LogP contribution is -2.30. The van der Waals surface area contributed by atoms with Crippen LogP contribution in [-0.2, 0) is 28.6 Å². The van der Waals surface area contributed by atoms with Crippen LogP contribution in [0, 0.1) is 0 Å². The summed E-state index contributed by atoms with van der Waals surface area (Å²) >= 11 is 0. The van der Waals surface area contributed by atoms with E-state index in [1.807, 2.05) is 0 Å². The van der Waals surface area contributed by atoms with Crippen LogP contribution < -0.4 is 0 Å². The molecule has 412 valence electrons. The van der Waals surface area contributed by atoms with Gasteiger partial charge in [0.05, 0.1) is 0 Å². The maximum Gasteiger partial charge on any atom is 0.306 e. The predicted molar refractivity (Wildman–Crippen MR) is 311 cm³/mol. The molecule has 1 atom stereocenters. The summed E-state index contributed by atoms with van der Waals surface area (Å²) < 4.78 is 16.9. The smallest absolute Gasteiger partial charge is 0.306 e. The molecular formula is C66H112O6. The molecule has 0 aliphatic heterocycles. The molecule has 0 saturated carbocycles. The number of ether oxygens (including phenoxy) is 3. The third-order valence-electron chi connectivity index (χ3n) is 12.8. The van der Waals surface area contributed by atoms with Crippen LogP contribution >= 0.6 is 0 Å². The molecule has 0 fully saturated rings. The van der Waals surface area contributed by atoms with Crippen molar-refractivity contribution in [3.63, 3.8) is 0 Å². The van der Waals surface area contributed by atoms with Gasteiger partial charge in [0, 0.05) is 19.3 Å². The fraction of sp³-hybridized carbons (Fsp3) is 0.712. The molecule has 0 heterocycles. The number of allylic oxidation sites excluding steroid dienone is 16. The number of carbonyl (C=O) groups excluding carboxylic acids is 3. The van der Waals surface area contributed by atoms with Gasteiger partial charge in [0.25, 0.3) is 0 Å². The zero-order valence-electron chi connectivity index (χ0n) is 47.2. The highest BCUT2D eigenvalue weighted by atomic mass is 16.6. The average molecular weight is 1000 g/mol. The number of unbranched alkanes of at least 4 members (excludes halogenated alkanes) is 27. The van der Waals surface area contributed by atoms with E-state index in [9.17, 15) is 14.4 Å². The molecule has 0 N–H and O–H groups in total. The van der Waals surface area contributed by atoms with Gasteiger partial charge in [0.2, 0.25) is 0 Å². The fourth-order valence-electron chi connectivity index (χ4n) is 8.37. The molecule has 0 aliphatic rings. The molecule has 0 aromatic heterocycles. The van der Waals surface area contributed by atoms with Crippen molar-refractivity contribution in [1.29, 1.82) is 0 Å². The van der Waals surface area contributed by atoms with Crippen LogP contribution in [0.25, 0.3) is 0 Å². The van der Waals surface area contributed by atoms with E-state index >= 15 is 0 Å². The molecule has 0 bridgehead atoms. The van der Waals surface area contributed by atoms with Crippen LogP contribution in [0.2, 0.25) is 0 Å². The molecule has 0 saturated heterocycles. The van der Waals surface area contributed by atoms with Crippen molar-refractivity contribution in [2.75, 3.05) is 13.2 Å². The second kappa shape index (κ2) is 59.9. The molecule has 1 unspecified atom stereocenters. The molecule has 72 heavy (non-hydrogen) atoms. The minimum absolute atomic E-state index is 0.0920. The fourth-order valence-corrected chi connectivity index (χ4v) is 8.37. The summed E-state index contributed by atoms with van der Waals surface area (Å²) in [7, 11) is 0. The number of hydrogen-bond acceptors (Lipinski definition) is 6. The van der Waals surface area contributed by atoms with Crippen molar-refractivity contribution in [3.8, 4) is 0 Å². The van der Waals surface area contributed by atoms with E-state index < -0.39 is 6.10 Å². The van der Waals surface area contributed by atoms with E-state index in [1.54, 1.807) is 0 Å². The zero-order chi connectivity index (χ0) is 52.2. The van der Waals surface area contributed by atoms with Crippen molar-refractivity contribution in [1.82, 2.24) is 0 Å². The van der Waals surface area contributed by atoms with E-state index in [4.69, 9.17) is 14.2 Å². The maximum absolute atomic E-state index is 12.9. The summed E-state index contributed by atoms with van der Waals surface area (Å²) in [5.41, 5.74) is 0. The first-order chi connectivity index (χ1) is 35.5. The van der Waals surface area contributed by atoms with Crippen LogP contribution in [0.4, 0.5) is 0 Å². The number of rotatable bonds is 54. The third-order valence-corrected chi connectivity index (χ3v) is 12.8. The van der Waals surface area contributed by atoms with E-state index in [1.165, 1.54) is 122 Å². The van der Waals surface area contributed by atoms with Gasteiger partial charge in [-0.1, -0.05) is 266 Å². The minimum atomic E-state index is -0.796. The first-order valence-electron chi connectivity index (χ1n) is 30.2. The highest BCUT2D eigenvalue weighted by Crippen LogP contribution is 2.16. The van der Waals surface area contributed by atoms with Gasteiger partial charge in [-0.2, -0.15) is 0 Å². The lowest BCUT2D eigenvalue weighted by atomic mass is 10.0. The Bertz CT molecular complexity index is 1430. The summed E-state index contributed by atoms with van der Waals surface area (Å²) in [4.78, 5) is 38.3. The maximum atomic E-state index is 12.9. The van der Waals surface area contributed by atoms with Gasteiger partial charge in [-0.25, -0.2) is 0 Å². The molecule has 0 aliphatic carbocycles. The monoisotopic (exact) mass is 1000 g/mol. The van der Waals surface area contributed by atoms with Crippen LogP contribution in [0.15, 0.2) is 97.2 Å². The standard InChI is InChI=1S/C66H112O6/c1-4-7-10-13-16-19-22-25-28-31-33-36-38-41-44-47-50-53-56-59-65(68)71-62-63(61-70-64(67)58-55-52-49-46-43-40-37-34-30-27-24-21-18-15-12-9-6-3)72-66(69)60-57-54-51-48-45-42-39-35-32-29-26-23-20-17-14-11-8-5-2/h7,9-10,12,16,18-19,21,25,27-28,30,33,36,41,44,63H,4-6,8,11,13-15,17,20,22-24,26,29,31-32,34-35,37-40,42-43,45-62H2,1-3H3/b10-7-,12-9-,19-16-,21-18-,28-25-,30-27-,36-33-,44-41-. The van der Waals surface area contributed by atoms with Crippen LogP contribution in [0.5, 0.6) is 0 Å². The quantitative estimate of drug-likeness (QED) is 0.0261. The van der Waals surface area contributed by atoms with Crippen LogP contribution in [0.1, 0.15) is 284 Å². The van der Waals surface area contributed by atoms with E-state index in [2.05, 4.69) is 118 Å². The normalized spacial score (nSPS) is 12.8. The molecule has 0 rings (SSSR count). The summed E-state index contributed by atoms with van der Waals surface area (Å²) in [5, 5.41) is 0.